The number of nitrogens with zero attached hydrogens (tertiary/aromatic N) is 3. The summed E-state index contributed by atoms with van der Waals surface area (Å²) in [5.41, 5.74) is 4.14. The summed E-state index contributed by atoms with van der Waals surface area (Å²) in [6, 6.07) is 11.6. The molecule has 0 aliphatic carbocycles. The van der Waals surface area contributed by atoms with Crippen molar-refractivity contribution in [3.63, 3.8) is 0 Å². The molecule has 2 heterocycles. The lowest BCUT2D eigenvalue weighted by Crippen LogP contribution is -2.31. The van der Waals surface area contributed by atoms with Crippen LogP contribution in [0.2, 0.25) is 0 Å². The minimum atomic E-state index is 0.545. The lowest BCUT2D eigenvalue weighted by molar-refractivity contribution is 0.242. The standard InChI is InChI=1S/C24H28N4O4/c1-29-18-6-8-21(30-2)20(12-18)27-24-25-13-17-15-28(10-9-19(17)26-24)14-16-5-7-22(31-3)23(11-16)32-4/h5-8,11-13H,9-10,14-15H2,1-4H3,(H,25,26,27). The van der Waals surface area contributed by atoms with E-state index in [2.05, 4.69) is 21.3 Å². The van der Waals surface area contributed by atoms with Crippen LogP contribution in [0.15, 0.2) is 42.6 Å². The van der Waals surface area contributed by atoms with Gasteiger partial charge in [0, 0.05) is 43.9 Å². The summed E-state index contributed by atoms with van der Waals surface area (Å²) in [6.45, 7) is 2.54. The number of methoxy groups -OCH3 is 4. The highest BCUT2D eigenvalue weighted by atomic mass is 16.5. The number of fused-ring (bicyclic) bond motifs is 1. The summed E-state index contributed by atoms with van der Waals surface area (Å²) in [6.07, 6.45) is 2.76. The van der Waals surface area contributed by atoms with Crippen LogP contribution in [0.5, 0.6) is 23.0 Å². The lowest BCUT2D eigenvalue weighted by atomic mass is 10.1. The Morgan fingerprint density at radius 2 is 1.69 bits per heavy atom. The molecule has 4 rings (SSSR count). The first-order chi connectivity index (χ1) is 15.6. The van der Waals surface area contributed by atoms with E-state index in [4.69, 9.17) is 23.9 Å². The van der Waals surface area contributed by atoms with Crippen LogP contribution < -0.4 is 24.3 Å². The first kappa shape index (κ1) is 21.7. The van der Waals surface area contributed by atoms with Crippen LogP contribution in [0.3, 0.4) is 0 Å². The van der Waals surface area contributed by atoms with E-state index in [1.807, 2.05) is 36.5 Å². The van der Waals surface area contributed by atoms with Crippen molar-refractivity contribution in [1.29, 1.82) is 0 Å². The van der Waals surface area contributed by atoms with Crippen molar-refractivity contribution in [3.05, 3.63) is 59.4 Å². The first-order valence-electron chi connectivity index (χ1n) is 10.4. The summed E-state index contributed by atoms with van der Waals surface area (Å²) in [5, 5.41) is 3.26. The summed E-state index contributed by atoms with van der Waals surface area (Å²) >= 11 is 0. The highest BCUT2D eigenvalue weighted by Crippen LogP contribution is 2.32. The van der Waals surface area contributed by atoms with Crippen LogP contribution >= 0.6 is 0 Å². The molecule has 0 saturated carbocycles. The molecule has 32 heavy (non-hydrogen) atoms. The van der Waals surface area contributed by atoms with E-state index in [1.54, 1.807) is 28.4 Å². The second-order valence-electron chi connectivity index (χ2n) is 7.51. The number of aromatic nitrogens is 2. The van der Waals surface area contributed by atoms with Crippen molar-refractivity contribution < 1.29 is 18.9 Å². The third-order valence-corrected chi connectivity index (χ3v) is 5.52. The molecule has 8 nitrogen and oxygen atoms in total. The molecule has 0 unspecified atom stereocenters. The fraction of sp³-hybridized carbons (Fsp3) is 0.333. The van der Waals surface area contributed by atoms with Gasteiger partial charge in [0.05, 0.1) is 39.8 Å². The van der Waals surface area contributed by atoms with Gasteiger partial charge in [0.2, 0.25) is 5.95 Å². The van der Waals surface area contributed by atoms with Gasteiger partial charge in [-0.15, -0.1) is 0 Å². The zero-order valence-corrected chi connectivity index (χ0v) is 18.8. The molecule has 1 aromatic heterocycles. The van der Waals surface area contributed by atoms with Gasteiger partial charge in [-0.3, -0.25) is 4.90 Å². The molecular formula is C24H28N4O4. The van der Waals surface area contributed by atoms with E-state index in [9.17, 15) is 0 Å². The lowest BCUT2D eigenvalue weighted by Gasteiger charge is -2.28. The van der Waals surface area contributed by atoms with Crippen molar-refractivity contribution >= 4 is 11.6 Å². The first-order valence-corrected chi connectivity index (χ1v) is 10.4. The van der Waals surface area contributed by atoms with E-state index in [-0.39, 0.29) is 0 Å². The number of ether oxygens (including phenoxy) is 4. The van der Waals surface area contributed by atoms with Crippen LogP contribution in [0.1, 0.15) is 16.8 Å². The van der Waals surface area contributed by atoms with Gasteiger partial charge in [-0.1, -0.05) is 6.07 Å². The predicted molar refractivity (Wildman–Crippen MR) is 122 cm³/mol. The Morgan fingerprint density at radius 3 is 2.44 bits per heavy atom. The van der Waals surface area contributed by atoms with Gasteiger partial charge in [-0.2, -0.15) is 0 Å². The van der Waals surface area contributed by atoms with E-state index >= 15 is 0 Å². The second kappa shape index (κ2) is 9.74. The Hall–Kier alpha value is -3.52. The van der Waals surface area contributed by atoms with E-state index in [1.165, 1.54) is 5.56 Å². The highest BCUT2D eigenvalue weighted by Gasteiger charge is 2.19. The number of rotatable bonds is 8. The molecule has 8 heteroatoms. The van der Waals surface area contributed by atoms with Crippen LogP contribution in [-0.4, -0.2) is 49.9 Å². The number of benzene rings is 2. The van der Waals surface area contributed by atoms with Gasteiger partial charge in [0.1, 0.15) is 11.5 Å². The number of anilines is 2. The van der Waals surface area contributed by atoms with E-state index in [0.717, 1.165) is 60.2 Å². The maximum absolute atomic E-state index is 5.43. The molecule has 0 fully saturated rings. The Balaban J connectivity index is 1.46. The summed E-state index contributed by atoms with van der Waals surface area (Å²) in [5.74, 6) is 3.46. The van der Waals surface area contributed by atoms with Gasteiger partial charge < -0.3 is 24.3 Å². The van der Waals surface area contributed by atoms with Gasteiger partial charge in [0.15, 0.2) is 11.5 Å². The average molecular weight is 437 g/mol. The molecule has 0 bridgehead atoms. The van der Waals surface area contributed by atoms with Gasteiger partial charge in [0.25, 0.3) is 0 Å². The minimum Gasteiger partial charge on any atom is -0.497 e. The molecule has 0 amide bonds. The maximum Gasteiger partial charge on any atom is 0.227 e. The molecule has 1 N–H and O–H groups in total. The molecule has 1 aliphatic rings. The van der Waals surface area contributed by atoms with Crippen LogP contribution in [-0.2, 0) is 19.5 Å². The largest absolute Gasteiger partial charge is 0.497 e. The molecule has 1 aliphatic heterocycles. The summed E-state index contributed by atoms with van der Waals surface area (Å²) in [7, 11) is 6.57. The van der Waals surface area contributed by atoms with Crippen molar-refractivity contribution in [2.45, 2.75) is 19.5 Å². The molecular weight excluding hydrogens is 408 g/mol. The van der Waals surface area contributed by atoms with Crippen LogP contribution in [0.25, 0.3) is 0 Å². The molecule has 0 spiro atoms. The van der Waals surface area contributed by atoms with Crippen LogP contribution in [0.4, 0.5) is 11.6 Å². The third kappa shape index (κ3) is 4.70. The Kier molecular flexibility index (Phi) is 6.61. The van der Waals surface area contributed by atoms with E-state index < -0.39 is 0 Å². The van der Waals surface area contributed by atoms with Crippen molar-refractivity contribution in [1.82, 2.24) is 14.9 Å². The Morgan fingerprint density at radius 1 is 0.906 bits per heavy atom. The van der Waals surface area contributed by atoms with Crippen molar-refractivity contribution in [3.8, 4) is 23.0 Å². The second-order valence-corrected chi connectivity index (χ2v) is 7.51. The number of hydrogen-bond donors (Lipinski definition) is 1. The quantitative estimate of drug-likeness (QED) is 0.571. The zero-order valence-electron chi connectivity index (χ0n) is 18.8. The molecule has 2 aromatic carbocycles. The molecule has 3 aromatic rings. The van der Waals surface area contributed by atoms with Gasteiger partial charge in [-0.25, -0.2) is 9.97 Å². The Bertz CT molecular complexity index is 1090. The Labute approximate surface area is 188 Å². The molecule has 0 saturated heterocycles. The number of hydrogen-bond acceptors (Lipinski definition) is 8. The van der Waals surface area contributed by atoms with Crippen LogP contribution in [0, 0.1) is 0 Å². The van der Waals surface area contributed by atoms with Crippen molar-refractivity contribution in [2.75, 3.05) is 40.3 Å². The highest BCUT2D eigenvalue weighted by molar-refractivity contribution is 5.65. The topological polar surface area (TPSA) is 78.0 Å². The molecule has 168 valence electrons. The fourth-order valence-corrected chi connectivity index (χ4v) is 3.84. The molecule has 0 atom stereocenters. The predicted octanol–water partition coefficient (Wildman–Crippen LogP) is 3.81. The zero-order chi connectivity index (χ0) is 22.5. The third-order valence-electron chi connectivity index (χ3n) is 5.52. The normalized spacial score (nSPS) is 13.2. The van der Waals surface area contributed by atoms with Gasteiger partial charge >= 0.3 is 0 Å². The van der Waals surface area contributed by atoms with Gasteiger partial charge in [-0.05, 0) is 29.8 Å². The summed E-state index contributed by atoms with van der Waals surface area (Å²) in [4.78, 5) is 11.7. The SMILES string of the molecule is COc1ccc(OC)c(Nc2ncc3c(n2)CCN(Cc2ccc(OC)c(OC)c2)C3)c1. The van der Waals surface area contributed by atoms with E-state index in [0.29, 0.717) is 11.7 Å². The summed E-state index contributed by atoms with van der Waals surface area (Å²) < 4.78 is 21.5. The average Bonchev–Trinajstić information content (AvgIpc) is 2.84. The molecule has 0 radical (unpaired) electrons. The number of nitrogens with one attached hydrogen (secondary N) is 1. The van der Waals surface area contributed by atoms with Crippen molar-refractivity contribution in [2.24, 2.45) is 0 Å². The monoisotopic (exact) mass is 436 g/mol. The minimum absolute atomic E-state index is 0.545. The smallest absolute Gasteiger partial charge is 0.227 e. The fourth-order valence-electron chi connectivity index (χ4n) is 3.84. The maximum atomic E-state index is 5.43.